The van der Waals surface area contributed by atoms with Gasteiger partial charge >= 0.3 is 0 Å². The van der Waals surface area contributed by atoms with Gasteiger partial charge in [-0.25, -0.2) is 0 Å². The molecule has 0 fully saturated rings. The van der Waals surface area contributed by atoms with Crippen molar-refractivity contribution in [1.29, 1.82) is 0 Å². The zero-order valence-corrected chi connectivity index (χ0v) is 16.7. The first-order valence-corrected chi connectivity index (χ1v) is 9.75. The Morgan fingerprint density at radius 1 is 1.17 bits per heavy atom. The Balaban J connectivity index is 1.59. The molecule has 1 spiro atoms. The molecular formula is C24H22N2O3. The van der Waals surface area contributed by atoms with E-state index in [1.165, 1.54) is 22.8 Å². The Morgan fingerprint density at radius 3 is 2.72 bits per heavy atom. The van der Waals surface area contributed by atoms with E-state index in [0.717, 1.165) is 17.7 Å². The predicted molar refractivity (Wildman–Crippen MR) is 115 cm³/mol. The van der Waals surface area contributed by atoms with Crippen molar-refractivity contribution >= 4 is 23.0 Å². The minimum atomic E-state index is -0.695. The highest BCUT2D eigenvalue weighted by Crippen LogP contribution is 2.55. The molecular weight excluding hydrogens is 364 g/mol. The number of fused-ring (bicyclic) bond motifs is 2. The number of nitrogens with zero attached hydrogens (tertiary/aromatic N) is 2. The van der Waals surface area contributed by atoms with Crippen LogP contribution in [0.3, 0.4) is 0 Å². The van der Waals surface area contributed by atoms with Crippen LogP contribution >= 0.6 is 0 Å². The number of nitro benzene ring substituents is 1. The van der Waals surface area contributed by atoms with Crippen LogP contribution in [-0.2, 0) is 5.41 Å². The Morgan fingerprint density at radius 2 is 2.00 bits per heavy atom. The SMILES string of the molecule is CN1c2ccc(C3=CC=CC3)cc2C(C)(C)C12C=Cc1cc([N+](=O)[O-])ccc1O2. The lowest BCUT2D eigenvalue weighted by atomic mass is 9.75. The summed E-state index contributed by atoms with van der Waals surface area (Å²) in [5.74, 6) is 0.661. The number of ether oxygens (including phenoxy) is 1. The maximum absolute atomic E-state index is 11.1. The van der Waals surface area contributed by atoms with Crippen LogP contribution < -0.4 is 9.64 Å². The molecule has 29 heavy (non-hydrogen) atoms. The molecule has 1 aliphatic carbocycles. The quantitative estimate of drug-likeness (QED) is 0.507. The van der Waals surface area contributed by atoms with Gasteiger partial charge in [-0.2, -0.15) is 0 Å². The van der Waals surface area contributed by atoms with Gasteiger partial charge in [-0.05, 0) is 67.3 Å². The maximum Gasteiger partial charge on any atom is 0.270 e. The topological polar surface area (TPSA) is 55.6 Å². The molecule has 1 atom stereocenters. The number of anilines is 1. The van der Waals surface area contributed by atoms with Crippen molar-refractivity contribution in [3.8, 4) is 5.75 Å². The molecule has 0 aromatic heterocycles. The predicted octanol–water partition coefficient (Wildman–Crippen LogP) is 5.47. The number of hydrogen-bond donors (Lipinski definition) is 0. The summed E-state index contributed by atoms with van der Waals surface area (Å²) >= 11 is 0. The van der Waals surface area contributed by atoms with Crippen molar-refractivity contribution in [2.75, 3.05) is 11.9 Å². The summed E-state index contributed by atoms with van der Waals surface area (Å²) in [4.78, 5) is 12.9. The number of allylic oxidation sites excluding steroid dienone is 4. The summed E-state index contributed by atoms with van der Waals surface area (Å²) in [6, 6.07) is 11.4. The summed E-state index contributed by atoms with van der Waals surface area (Å²) in [5, 5.41) is 11.1. The molecule has 2 aromatic carbocycles. The molecule has 5 nitrogen and oxygen atoms in total. The van der Waals surface area contributed by atoms with Gasteiger partial charge in [0.05, 0.1) is 10.3 Å². The van der Waals surface area contributed by atoms with E-state index in [2.05, 4.69) is 55.2 Å². The van der Waals surface area contributed by atoms with E-state index in [0.29, 0.717) is 5.75 Å². The highest BCUT2D eigenvalue weighted by atomic mass is 16.6. The van der Waals surface area contributed by atoms with E-state index < -0.39 is 5.72 Å². The highest BCUT2D eigenvalue weighted by Gasteiger charge is 2.57. The van der Waals surface area contributed by atoms with Crippen LogP contribution in [0.2, 0.25) is 0 Å². The Bertz CT molecular complexity index is 1140. The normalized spacial score (nSPS) is 23.0. The third-order valence-electron chi connectivity index (χ3n) is 6.53. The van der Waals surface area contributed by atoms with E-state index in [1.807, 2.05) is 19.2 Å². The molecule has 0 radical (unpaired) electrons. The van der Waals surface area contributed by atoms with E-state index in [4.69, 9.17) is 4.74 Å². The molecule has 3 aliphatic rings. The van der Waals surface area contributed by atoms with Gasteiger partial charge in [0, 0.05) is 30.4 Å². The third kappa shape index (κ3) is 2.33. The van der Waals surface area contributed by atoms with Crippen LogP contribution in [0.25, 0.3) is 11.6 Å². The fourth-order valence-corrected chi connectivity index (χ4v) is 4.77. The minimum Gasteiger partial charge on any atom is -0.463 e. The molecule has 2 heterocycles. The zero-order chi connectivity index (χ0) is 20.4. The van der Waals surface area contributed by atoms with Crippen molar-refractivity contribution in [2.24, 2.45) is 0 Å². The maximum atomic E-state index is 11.1. The van der Waals surface area contributed by atoms with Crippen LogP contribution in [0.4, 0.5) is 11.4 Å². The van der Waals surface area contributed by atoms with Gasteiger partial charge in [-0.15, -0.1) is 0 Å². The number of non-ortho nitro benzene ring substituents is 1. The second-order valence-electron chi connectivity index (χ2n) is 8.35. The first kappa shape index (κ1) is 17.7. The first-order valence-electron chi connectivity index (χ1n) is 9.75. The van der Waals surface area contributed by atoms with E-state index in [-0.39, 0.29) is 16.0 Å². The Hall–Kier alpha value is -3.34. The molecule has 0 saturated heterocycles. The molecule has 0 saturated carbocycles. The van der Waals surface area contributed by atoms with Crippen LogP contribution in [0, 0.1) is 10.1 Å². The Kier molecular flexibility index (Phi) is 3.57. The number of benzene rings is 2. The molecule has 0 bridgehead atoms. The number of likely N-dealkylation sites (N-methyl/N-ethyl adjacent to an activating group) is 1. The summed E-state index contributed by atoms with van der Waals surface area (Å²) in [7, 11) is 2.05. The first-order chi connectivity index (χ1) is 13.8. The smallest absolute Gasteiger partial charge is 0.270 e. The van der Waals surface area contributed by atoms with E-state index in [1.54, 1.807) is 12.1 Å². The van der Waals surface area contributed by atoms with Crippen molar-refractivity contribution < 1.29 is 9.66 Å². The van der Waals surface area contributed by atoms with Gasteiger partial charge in [-0.3, -0.25) is 10.1 Å². The summed E-state index contributed by atoms with van der Waals surface area (Å²) in [6.07, 6.45) is 11.4. The number of hydrogen-bond acceptors (Lipinski definition) is 4. The second kappa shape index (κ2) is 5.83. The molecule has 1 unspecified atom stereocenters. The lowest BCUT2D eigenvalue weighted by Gasteiger charge is -2.45. The molecule has 5 heteroatoms. The van der Waals surface area contributed by atoms with Gasteiger partial charge in [0.1, 0.15) is 5.75 Å². The van der Waals surface area contributed by atoms with Gasteiger partial charge < -0.3 is 9.64 Å². The molecule has 0 amide bonds. The summed E-state index contributed by atoms with van der Waals surface area (Å²) < 4.78 is 6.58. The van der Waals surface area contributed by atoms with Gasteiger partial charge in [0.15, 0.2) is 0 Å². The lowest BCUT2D eigenvalue weighted by Crippen LogP contribution is -2.58. The van der Waals surface area contributed by atoms with Gasteiger partial charge in [-0.1, -0.05) is 24.3 Å². The Labute approximate surface area is 169 Å². The van der Waals surface area contributed by atoms with E-state index >= 15 is 0 Å². The van der Waals surface area contributed by atoms with Gasteiger partial charge in [0.2, 0.25) is 5.72 Å². The molecule has 2 aromatic rings. The van der Waals surface area contributed by atoms with Crippen molar-refractivity contribution in [3.05, 3.63) is 87.5 Å². The average Bonchev–Trinajstić information content (AvgIpc) is 3.30. The van der Waals surface area contributed by atoms with Crippen molar-refractivity contribution in [1.82, 2.24) is 0 Å². The molecule has 0 N–H and O–H groups in total. The largest absolute Gasteiger partial charge is 0.463 e. The molecule has 2 aliphatic heterocycles. The highest BCUT2D eigenvalue weighted by molar-refractivity contribution is 5.78. The second-order valence-corrected chi connectivity index (χ2v) is 8.35. The number of nitro groups is 1. The van der Waals surface area contributed by atoms with Crippen LogP contribution in [0.1, 0.15) is 37.0 Å². The van der Waals surface area contributed by atoms with Crippen LogP contribution in [0.15, 0.2) is 60.7 Å². The molecule has 146 valence electrons. The fourth-order valence-electron chi connectivity index (χ4n) is 4.77. The number of rotatable bonds is 2. The average molecular weight is 386 g/mol. The monoisotopic (exact) mass is 386 g/mol. The van der Waals surface area contributed by atoms with Crippen LogP contribution in [-0.4, -0.2) is 17.7 Å². The fraction of sp³-hybridized carbons (Fsp3) is 0.250. The standard InChI is InChI=1S/C24H22N2O3/c1-23(2)20-15-17(16-6-4-5-7-16)8-10-21(20)25(3)24(23)13-12-18-14-19(26(27)28)9-11-22(18)29-24/h4-6,8-15H,7H2,1-3H3. The molecule has 5 rings (SSSR count). The lowest BCUT2D eigenvalue weighted by molar-refractivity contribution is -0.384. The summed E-state index contributed by atoms with van der Waals surface area (Å²) in [6.45, 7) is 4.39. The summed E-state index contributed by atoms with van der Waals surface area (Å²) in [5.41, 5.74) is 4.72. The third-order valence-corrected chi connectivity index (χ3v) is 6.53. The van der Waals surface area contributed by atoms with Gasteiger partial charge in [0.25, 0.3) is 5.69 Å². The van der Waals surface area contributed by atoms with Crippen LogP contribution in [0.5, 0.6) is 5.75 Å². The zero-order valence-electron chi connectivity index (χ0n) is 16.7. The minimum absolute atomic E-state index is 0.0679. The van der Waals surface area contributed by atoms with E-state index in [9.17, 15) is 10.1 Å². The van der Waals surface area contributed by atoms with Crippen molar-refractivity contribution in [3.63, 3.8) is 0 Å². The van der Waals surface area contributed by atoms with Crippen molar-refractivity contribution in [2.45, 2.75) is 31.4 Å².